The summed E-state index contributed by atoms with van der Waals surface area (Å²) in [7, 11) is 0. The van der Waals surface area contributed by atoms with Crippen LogP contribution >= 0.6 is 0 Å². The number of ether oxygens (including phenoxy) is 1. The molecule has 0 bridgehead atoms. The van der Waals surface area contributed by atoms with Gasteiger partial charge in [-0.1, -0.05) is 38.5 Å². The van der Waals surface area contributed by atoms with Gasteiger partial charge in [-0.3, -0.25) is 0 Å². The second kappa shape index (κ2) is 9.28. The number of nitrogens with one attached hydrogen (secondary N) is 1. The van der Waals surface area contributed by atoms with Gasteiger partial charge in [0, 0.05) is 5.57 Å². The molecule has 0 aliphatic carbocycles. The number of rotatable bonds is 9. The molecule has 0 saturated heterocycles. The summed E-state index contributed by atoms with van der Waals surface area (Å²) < 4.78 is 11.1. The van der Waals surface area contributed by atoms with Crippen LogP contribution in [0.2, 0.25) is 0 Å². The SMILES string of the molecule is C=C(C)c1nc(C#N)c(NN=Cc2cccc(OCCCCC)c2)o1. The summed E-state index contributed by atoms with van der Waals surface area (Å²) in [6.07, 6.45) is 5.00. The van der Waals surface area contributed by atoms with E-state index in [2.05, 4.69) is 29.0 Å². The van der Waals surface area contributed by atoms with Crippen molar-refractivity contribution in [3.05, 3.63) is 48.0 Å². The number of benzene rings is 1. The summed E-state index contributed by atoms with van der Waals surface area (Å²) in [6.45, 7) is 8.37. The first-order valence-electron chi connectivity index (χ1n) is 8.22. The van der Waals surface area contributed by atoms with Crippen LogP contribution in [0.1, 0.15) is 50.3 Å². The summed E-state index contributed by atoms with van der Waals surface area (Å²) in [6, 6.07) is 9.60. The Bertz CT molecular complexity index is 787. The Labute approximate surface area is 147 Å². The summed E-state index contributed by atoms with van der Waals surface area (Å²) in [5.74, 6) is 1.32. The van der Waals surface area contributed by atoms with Crippen LogP contribution in [-0.4, -0.2) is 17.8 Å². The normalized spacial score (nSPS) is 10.6. The van der Waals surface area contributed by atoms with Crippen molar-refractivity contribution in [2.45, 2.75) is 33.1 Å². The average Bonchev–Trinajstić information content (AvgIpc) is 3.03. The molecule has 0 radical (unpaired) electrons. The van der Waals surface area contributed by atoms with Crippen LogP contribution in [0.25, 0.3) is 5.57 Å². The summed E-state index contributed by atoms with van der Waals surface area (Å²) >= 11 is 0. The standard InChI is InChI=1S/C19H22N4O2/c1-4-5-6-10-24-16-9-7-8-15(11-16)13-21-23-19-17(12-20)22-18(25-19)14(2)3/h7-9,11,13,23H,2,4-6,10H2,1,3H3. The number of hydrogen-bond acceptors (Lipinski definition) is 6. The van der Waals surface area contributed by atoms with Gasteiger partial charge < -0.3 is 9.15 Å². The fourth-order valence-corrected chi connectivity index (χ4v) is 2.05. The number of nitrogens with zero attached hydrogens (tertiary/aromatic N) is 3. The van der Waals surface area contributed by atoms with Crippen molar-refractivity contribution in [3.63, 3.8) is 0 Å². The minimum absolute atomic E-state index is 0.142. The van der Waals surface area contributed by atoms with Crippen molar-refractivity contribution >= 4 is 17.7 Å². The highest BCUT2D eigenvalue weighted by molar-refractivity contribution is 5.80. The molecule has 6 nitrogen and oxygen atoms in total. The largest absolute Gasteiger partial charge is 0.494 e. The Balaban J connectivity index is 1.98. The molecule has 2 aromatic rings. The first kappa shape index (κ1) is 18.3. The molecular weight excluding hydrogens is 316 g/mol. The van der Waals surface area contributed by atoms with Crippen LogP contribution in [0.4, 0.5) is 5.88 Å². The zero-order chi connectivity index (χ0) is 18.1. The number of nitriles is 1. The second-order valence-electron chi connectivity index (χ2n) is 5.59. The highest BCUT2D eigenvalue weighted by Gasteiger charge is 2.12. The minimum Gasteiger partial charge on any atom is -0.494 e. The molecule has 2 rings (SSSR count). The van der Waals surface area contributed by atoms with Crippen molar-refractivity contribution in [2.24, 2.45) is 5.10 Å². The quantitative estimate of drug-likeness (QED) is 0.410. The Morgan fingerprint density at radius 1 is 1.48 bits per heavy atom. The van der Waals surface area contributed by atoms with Gasteiger partial charge in [0.05, 0.1) is 12.8 Å². The summed E-state index contributed by atoms with van der Waals surface area (Å²) in [5.41, 5.74) is 4.36. The van der Waals surface area contributed by atoms with Crippen LogP contribution in [0, 0.1) is 11.3 Å². The van der Waals surface area contributed by atoms with Gasteiger partial charge in [0.25, 0.3) is 5.88 Å². The van der Waals surface area contributed by atoms with E-state index in [1.165, 1.54) is 6.42 Å². The van der Waals surface area contributed by atoms with Crippen molar-refractivity contribution in [1.29, 1.82) is 5.26 Å². The molecule has 0 amide bonds. The van der Waals surface area contributed by atoms with Crippen molar-refractivity contribution in [2.75, 3.05) is 12.0 Å². The first-order chi connectivity index (χ1) is 12.1. The van der Waals surface area contributed by atoms with E-state index in [1.54, 1.807) is 13.1 Å². The van der Waals surface area contributed by atoms with E-state index in [0.29, 0.717) is 18.1 Å². The van der Waals surface area contributed by atoms with E-state index in [-0.39, 0.29) is 11.6 Å². The molecule has 1 heterocycles. The molecule has 0 saturated carbocycles. The van der Waals surface area contributed by atoms with Gasteiger partial charge in [-0.05, 0) is 31.0 Å². The Morgan fingerprint density at radius 3 is 3.04 bits per heavy atom. The molecule has 0 spiro atoms. The lowest BCUT2D eigenvalue weighted by Gasteiger charge is -2.06. The lowest BCUT2D eigenvalue weighted by atomic mass is 10.2. The fourth-order valence-electron chi connectivity index (χ4n) is 2.05. The van der Waals surface area contributed by atoms with Gasteiger partial charge in [0.2, 0.25) is 11.6 Å². The fraction of sp³-hybridized carbons (Fsp3) is 0.316. The first-order valence-corrected chi connectivity index (χ1v) is 8.22. The third-order valence-electron chi connectivity index (χ3n) is 3.35. The van der Waals surface area contributed by atoms with E-state index in [9.17, 15) is 0 Å². The summed E-state index contributed by atoms with van der Waals surface area (Å²) in [5, 5.41) is 13.2. The van der Waals surface area contributed by atoms with E-state index < -0.39 is 0 Å². The monoisotopic (exact) mass is 338 g/mol. The molecule has 130 valence electrons. The van der Waals surface area contributed by atoms with Gasteiger partial charge in [0.15, 0.2) is 0 Å². The van der Waals surface area contributed by atoms with E-state index >= 15 is 0 Å². The number of hydrogen-bond donors (Lipinski definition) is 1. The molecular formula is C19H22N4O2. The van der Waals surface area contributed by atoms with Gasteiger partial charge in [-0.15, -0.1) is 0 Å². The highest BCUT2D eigenvalue weighted by Crippen LogP contribution is 2.20. The third kappa shape index (κ3) is 5.50. The van der Waals surface area contributed by atoms with Crippen LogP contribution in [0.15, 0.2) is 40.4 Å². The molecule has 0 aliphatic rings. The summed E-state index contributed by atoms with van der Waals surface area (Å²) in [4.78, 5) is 4.03. The van der Waals surface area contributed by atoms with Gasteiger partial charge >= 0.3 is 0 Å². The molecule has 25 heavy (non-hydrogen) atoms. The van der Waals surface area contributed by atoms with Gasteiger partial charge in [-0.2, -0.15) is 15.3 Å². The highest BCUT2D eigenvalue weighted by atomic mass is 16.5. The second-order valence-corrected chi connectivity index (χ2v) is 5.59. The molecule has 1 aromatic carbocycles. The van der Waals surface area contributed by atoms with Crippen LogP contribution in [0.5, 0.6) is 5.75 Å². The molecule has 0 unspecified atom stereocenters. The number of hydrazone groups is 1. The number of anilines is 1. The molecule has 0 aliphatic heterocycles. The van der Waals surface area contributed by atoms with Crippen molar-refractivity contribution in [3.8, 4) is 11.8 Å². The maximum Gasteiger partial charge on any atom is 0.252 e. The van der Waals surface area contributed by atoms with E-state index in [1.807, 2.05) is 30.3 Å². The molecule has 6 heteroatoms. The Hall–Kier alpha value is -3.07. The molecule has 0 fully saturated rings. The smallest absolute Gasteiger partial charge is 0.252 e. The van der Waals surface area contributed by atoms with E-state index in [0.717, 1.165) is 24.2 Å². The number of oxazole rings is 1. The number of aromatic nitrogens is 1. The maximum atomic E-state index is 9.08. The predicted octanol–water partition coefficient (Wildman–Crippen LogP) is 4.59. The predicted molar refractivity (Wildman–Crippen MR) is 98.6 cm³/mol. The van der Waals surface area contributed by atoms with Crippen LogP contribution in [0.3, 0.4) is 0 Å². The number of allylic oxidation sites excluding steroid dienone is 1. The zero-order valence-electron chi connectivity index (χ0n) is 14.6. The number of unbranched alkanes of at least 4 members (excludes halogenated alkanes) is 2. The lowest BCUT2D eigenvalue weighted by molar-refractivity contribution is 0.306. The topological polar surface area (TPSA) is 83.4 Å². The van der Waals surface area contributed by atoms with Gasteiger partial charge in [0.1, 0.15) is 11.8 Å². The van der Waals surface area contributed by atoms with Crippen molar-refractivity contribution < 1.29 is 9.15 Å². The van der Waals surface area contributed by atoms with E-state index in [4.69, 9.17) is 14.4 Å². The Kier molecular flexibility index (Phi) is 6.78. The van der Waals surface area contributed by atoms with Crippen LogP contribution < -0.4 is 10.2 Å². The Morgan fingerprint density at radius 2 is 2.32 bits per heavy atom. The minimum atomic E-state index is 0.142. The molecule has 0 atom stereocenters. The third-order valence-corrected chi connectivity index (χ3v) is 3.35. The molecule has 1 N–H and O–H groups in total. The van der Waals surface area contributed by atoms with Gasteiger partial charge in [-0.25, -0.2) is 5.43 Å². The lowest BCUT2D eigenvalue weighted by Crippen LogP contribution is -1.97. The molecule has 1 aromatic heterocycles. The maximum absolute atomic E-state index is 9.08. The zero-order valence-corrected chi connectivity index (χ0v) is 14.6. The average molecular weight is 338 g/mol. The van der Waals surface area contributed by atoms with Crippen molar-refractivity contribution in [1.82, 2.24) is 4.98 Å². The van der Waals surface area contributed by atoms with Crippen LogP contribution in [-0.2, 0) is 0 Å².